The van der Waals surface area contributed by atoms with E-state index in [2.05, 4.69) is 32.8 Å². The fourth-order valence-electron chi connectivity index (χ4n) is 2.59. The number of H-pyrrole nitrogens is 1. The predicted molar refractivity (Wildman–Crippen MR) is 90.7 cm³/mol. The number of unbranched alkanes of at least 4 members (excludes halogenated alkanes) is 1. The van der Waals surface area contributed by atoms with Crippen LogP contribution in [0.5, 0.6) is 5.75 Å². The molecular weight excluding hydrogens is 362 g/mol. The zero-order valence-corrected chi connectivity index (χ0v) is 14.6. The van der Waals surface area contributed by atoms with E-state index in [9.17, 15) is 4.79 Å². The second-order valence-corrected chi connectivity index (χ2v) is 6.50. The lowest BCUT2D eigenvalue weighted by atomic mass is 10.3. The summed E-state index contributed by atoms with van der Waals surface area (Å²) in [5.41, 5.74) is 1.81. The zero-order chi connectivity index (χ0) is 16.2. The average molecular weight is 382 g/mol. The molecule has 1 aliphatic heterocycles. The largest absolute Gasteiger partial charge is 0.487 e. The van der Waals surface area contributed by atoms with E-state index in [0.717, 1.165) is 40.5 Å². The number of hydrogen-bond donors (Lipinski definition) is 1. The molecule has 1 unspecified atom stereocenters. The number of amides is 1. The maximum absolute atomic E-state index is 12.0. The summed E-state index contributed by atoms with van der Waals surface area (Å²) < 4.78 is 12.2. The van der Waals surface area contributed by atoms with Crippen LogP contribution in [0.25, 0.3) is 11.0 Å². The SMILES string of the molecule is CCCCOC(=O)N1CCC(Oc2cc3[nH]cnc3cc2Br)C1. The Labute approximate surface area is 143 Å². The first kappa shape index (κ1) is 16.1. The monoisotopic (exact) mass is 381 g/mol. The molecule has 2 heterocycles. The number of rotatable bonds is 5. The normalized spacial score (nSPS) is 17.7. The number of carbonyl (C=O) groups excluding carboxylic acids is 1. The van der Waals surface area contributed by atoms with E-state index in [1.807, 2.05) is 12.1 Å². The quantitative estimate of drug-likeness (QED) is 0.801. The van der Waals surface area contributed by atoms with Crippen molar-refractivity contribution in [2.45, 2.75) is 32.3 Å². The number of aromatic amines is 1. The van der Waals surface area contributed by atoms with Crippen molar-refractivity contribution in [3.63, 3.8) is 0 Å². The van der Waals surface area contributed by atoms with Gasteiger partial charge in [0, 0.05) is 19.0 Å². The van der Waals surface area contributed by atoms with E-state index in [0.29, 0.717) is 19.7 Å². The molecule has 0 radical (unpaired) electrons. The number of ether oxygens (including phenoxy) is 2. The smallest absolute Gasteiger partial charge is 0.409 e. The second-order valence-electron chi connectivity index (χ2n) is 5.64. The number of likely N-dealkylation sites (tertiary alicyclic amines) is 1. The van der Waals surface area contributed by atoms with Gasteiger partial charge in [-0.3, -0.25) is 0 Å². The molecule has 7 heteroatoms. The minimum atomic E-state index is -0.243. The van der Waals surface area contributed by atoms with Gasteiger partial charge in [-0.25, -0.2) is 9.78 Å². The number of carbonyl (C=O) groups is 1. The van der Waals surface area contributed by atoms with Gasteiger partial charge in [-0.2, -0.15) is 0 Å². The predicted octanol–water partition coefficient (Wildman–Crippen LogP) is 3.72. The average Bonchev–Trinajstić information content (AvgIpc) is 3.17. The van der Waals surface area contributed by atoms with Gasteiger partial charge in [-0.15, -0.1) is 0 Å². The summed E-state index contributed by atoms with van der Waals surface area (Å²) in [6.45, 7) is 3.78. The van der Waals surface area contributed by atoms with Crippen LogP contribution in [0.2, 0.25) is 0 Å². The van der Waals surface area contributed by atoms with Crippen molar-refractivity contribution in [3.05, 3.63) is 22.9 Å². The van der Waals surface area contributed by atoms with Crippen molar-refractivity contribution in [1.29, 1.82) is 0 Å². The van der Waals surface area contributed by atoms with Crippen molar-refractivity contribution < 1.29 is 14.3 Å². The molecule has 0 aliphatic carbocycles. The van der Waals surface area contributed by atoms with Crippen molar-refractivity contribution in [3.8, 4) is 5.75 Å². The van der Waals surface area contributed by atoms with Crippen LogP contribution in [0.15, 0.2) is 22.9 Å². The highest BCUT2D eigenvalue weighted by Crippen LogP contribution is 2.31. The Morgan fingerprint density at radius 3 is 3.22 bits per heavy atom. The first-order valence-corrected chi connectivity index (χ1v) is 8.67. The minimum Gasteiger partial charge on any atom is -0.487 e. The van der Waals surface area contributed by atoms with Crippen LogP contribution in [-0.2, 0) is 4.74 Å². The standard InChI is InChI=1S/C16H20BrN3O3/c1-2-3-6-22-16(21)20-5-4-11(9-20)23-15-8-14-13(7-12(15)17)18-10-19-14/h7-8,10-11H,2-6,9H2,1H3,(H,18,19). The summed E-state index contributed by atoms with van der Waals surface area (Å²) in [4.78, 5) is 20.9. The Bertz CT molecular complexity index is 688. The van der Waals surface area contributed by atoms with E-state index in [4.69, 9.17) is 9.47 Å². The number of benzene rings is 1. The third kappa shape index (κ3) is 3.77. The summed E-state index contributed by atoms with van der Waals surface area (Å²) in [5, 5.41) is 0. The van der Waals surface area contributed by atoms with Crippen LogP contribution >= 0.6 is 15.9 Å². The van der Waals surface area contributed by atoms with Gasteiger partial charge in [-0.1, -0.05) is 13.3 Å². The van der Waals surface area contributed by atoms with Gasteiger partial charge in [-0.05, 0) is 28.4 Å². The number of aromatic nitrogens is 2. The summed E-state index contributed by atoms with van der Waals surface area (Å²) in [5.74, 6) is 0.757. The summed E-state index contributed by atoms with van der Waals surface area (Å²) in [7, 11) is 0. The number of imidazole rings is 1. The lowest BCUT2D eigenvalue weighted by Crippen LogP contribution is -2.31. The number of fused-ring (bicyclic) bond motifs is 1. The molecule has 1 amide bonds. The lowest BCUT2D eigenvalue weighted by Gasteiger charge is -2.17. The number of nitrogens with one attached hydrogen (secondary N) is 1. The molecule has 124 valence electrons. The maximum Gasteiger partial charge on any atom is 0.409 e. The fourth-order valence-corrected chi connectivity index (χ4v) is 3.02. The Morgan fingerprint density at radius 1 is 1.52 bits per heavy atom. The van der Waals surface area contributed by atoms with E-state index >= 15 is 0 Å². The molecule has 3 rings (SSSR count). The van der Waals surface area contributed by atoms with Gasteiger partial charge in [0.2, 0.25) is 0 Å². The van der Waals surface area contributed by atoms with Gasteiger partial charge in [0.15, 0.2) is 0 Å². The highest BCUT2D eigenvalue weighted by atomic mass is 79.9. The lowest BCUT2D eigenvalue weighted by molar-refractivity contribution is 0.104. The van der Waals surface area contributed by atoms with Crippen molar-refractivity contribution in [2.24, 2.45) is 0 Å². The number of halogens is 1. The molecule has 1 aromatic heterocycles. The van der Waals surface area contributed by atoms with Gasteiger partial charge in [0.05, 0.1) is 35.0 Å². The molecule has 1 fully saturated rings. The van der Waals surface area contributed by atoms with Crippen molar-refractivity contribution in [1.82, 2.24) is 14.9 Å². The fraction of sp³-hybridized carbons (Fsp3) is 0.500. The zero-order valence-electron chi connectivity index (χ0n) is 13.0. The van der Waals surface area contributed by atoms with E-state index in [1.54, 1.807) is 11.2 Å². The molecule has 1 saturated heterocycles. The second kappa shape index (κ2) is 7.21. The maximum atomic E-state index is 12.0. The summed E-state index contributed by atoms with van der Waals surface area (Å²) >= 11 is 3.51. The first-order valence-electron chi connectivity index (χ1n) is 7.88. The molecule has 0 bridgehead atoms. The van der Waals surface area contributed by atoms with E-state index in [-0.39, 0.29) is 12.2 Å². The van der Waals surface area contributed by atoms with Crippen LogP contribution in [0.3, 0.4) is 0 Å². The molecule has 0 saturated carbocycles. The molecule has 6 nitrogen and oxygen atoms in total. The van der Waals surface area contributed by atoms with Crippen LogP contribution in [-0.4, -0.2) is 46.8 Å². The Kier molecular flexibility index (Phi) is 5.05. The molecule has 2 aromatic rings. The Morgan fingerprint density at radius 2 is 2.39 bits per heavy atom. The first-order chi connectivity index (χ1) is 11.2. The van der Waals surface area contributed by atoms with E-state index in [1.165, 1.54) is 0 Å². The minimum absolute atomic E-state index is 0.0228. The summed E-state index contributed by atoms with van der Waals surface area (Å²) in [6.07, 6.45) is 4.11. The molecule has 1 aliphatic rings. The highest BCUT2D eigenvalue weighted by Gasteiger charge is 2.29. The molecule has 1 aromatic carbocycles. The van der Waals surface area contributed by atoms with Gasteiger partial charge in [0.1, 0.15) is 11.9 Å². The number of nitrogens with zero attached hydrogens (tertiary/aromatic N) is 2. The van der Waals surface area contributed by atoms with Crippen LogP contribution in [0.1, 0.15) is 26.2 Å². The van der Waals surface area contributed by atoms with Crippen LogP contribution in [0, 0.1) is 0 Å². The molecule has 23 heavy (non-hydrogen) atoms. The Balaban J connectivity index is 1.58. The highest BCUT2D eigenvalue weighted by molar-refractivity contribution is 9.10. The summed E-state index contributed by atoms with van der Waals surface area (Å²) in [6, 6.07) is 3.85. The Hall–Kier alpha value is -1.76. The van der Waals surface area contributed by atoms with Crippen molar-refractivity contribution in [2.75, 3.05) is 19.7 Å². The molecule has 1 atom stereocenters. The van der Waals surface area contributed by atoms with Gasteiger partial charge >= 0.3 is 6.09 Å². The van der Waals surface area contributed by atoms with Gasteiger partial charge in [0.25, 0.3) is 0 Å². The molecular formula is C16H20BrN3O3. The third-order valence-electron chi connectivity index (χ3n) is 3.89. The molecule has 1 N–H and O–H groups in total. The molecule has 0 spiro atoms. The van der Waals surface area contributed by atoms with Crippen LogP contribution < -0.4 is 4.74 Å². The van der Waals surface area contributed by atoms with Gasteiger partial charge < -0.3 is 19.4 Å². The van der Waals surface area contributed by atoms with Crippen LogP contribution in [0.4, 0.5) is 4.79 Å². The third-order valence-corrected chi connectivity index (χ3v) is 4.51. The topological polar surface area (TPSA) is 67.4 Å². The number of hydrogen-bond acceptors (Lipinski definition) is 4. The van der Waals surface area contributed by atoms with Crippen molar-refractivity contribution >= 4 is 33.1 Å². The van der Waals surface area contributed by atoms with E-state index < -0.39 is 0 Å².